The van der Waals surface area contributed by atoms with Crippen LogP contribution in [0, 0.1) is 0 Å². The third-order valence-corrected chi connectivity index (χ3v) is 3.02. The van der Waals surface area contributed by atoms with Crippen molar-refractivity contribution in [2.75, 3.05) is 5.73 Å². The molecule has 0 aliphatic rings. The molecule has 1 heterocycles. The van der Waals surface area contributed by atoms with Crippen molar-refractivity contribution in [3.05, 3.63) is 34.4 Å². The largest absolute Gasteiger partial charge is 0.384 e. The Kier molecular flexibility index (Phi) is 3.01. The average Bonchev–Trinajstić information content (AvgIpc) is 2.63. The van der Waals surface area contributed by atoms with Gasteiger partial charge < -0.3 is 5.73 Å². The summed E-state index contributed by atoms with van der Waals surface area (Å²) in [5.74, 6) is 1.09. The Morgan fingerprint density at radius 1 is 1.31 bits per heavy atom. The Bertz CT molecular complexity index is 503. The minimum atomic E-state index is 0.490. The molecular formula is C12H14BrN3. The summed E-state index contributed by atoms with van der Waals surface area (Å²) in [5.41, 5.74) is 9.13. The molecule has 0 atom stereocenters. The van der Waals surface area contributed by atoms with E-state index in [2.05, 4.69) is 52.1 Å². The van der Waals surface area contributed by atoms with Crippen LogP contribution in [0.2, 0.25) is 0 Å². The molecule has 0 fully saturated rings. The lowest BCUT2D eigenvalue weighted by molar-refractivity contribution is 0.866. The van der Waals surface area contributed by atoms with Gasteiger partial charge in [-0.2, -0.15) is 5.10 Å². The molecule has 0 amide bonds. The summed E-state index contributed by atoms with van der Waals surface area (Å²) in [5, 5.41) is 6.68. The zero-order valence-corrected chi connectivity index (χ0v) is 10.9. The van der Waals surface area contributed by atoms with Crippen molar-refractivity contribution in [1.29, 1.82) is 0 Å². The van der Waals surface area contributed by atoms with Gasteiger partial charge in [-0.3, -0.25) is 5.10 Å². The van der Waals surface area contributed by atoms with E-state index in [-0.39, 0.29) is 0 Å². The third kappa shape index (κ3) is 2.11. The van der Waals surface area contributed by atoms with Crippen molar-refractivity contribution >= 4 is 21.7 Å². The number of hydrogen-bond acceptors (Lipinski definition) is 2. The highest BCUT2D eigenvalue weighted by atomic mass is 79.9. The predicted octanol–water partition coefficient (Wildman–Crippen LogP) is 3.54. The van der Waals surface area contributed by atoms with Gasteiger partial charge in [0.25, 0.3) is 0 Å². The summed E-state index contributed by atoms with van der Waals surface area (Å²) in [6.07, 6.45) is 1.75. The van der Waals surface area contributed by atoms with Crippen LogP contribution in [0.15, 0.2) is 28.9 Å². The maximum absolute atomic E-state index is 5.82. The van der Waals surface area contributed by atoms with Crippen molar-refractivity contribution in [2.24, 2.45) is 0 Å². The van der Waals surface area contributed by atoms with Gasteiger partial charge in [0.1, 0.15) is 5.82 Å². The quantitative estimate of drug-likeness (QED) is 0.884. The molecule has 2 aromatic rings. The molecule has 1 aromatic heterocycles. The van der Waals surface area contributed by atoms with E-state index >= 15 is 0 Å². The maximum atomic E-state index is 5.82. The molecule has 0 saturated carbocycles. The third-order valence-electron chi connectivity index (χ3n) is 2.57. The number of halogens is 1. The van der Waals surface area contributed by atoms with Gasteiger partial charge in [-0.25, -0.2) is 0 Å². The molecule has 0 aliphatic carbocycles. The van der Waals surface area contributed by atoms with Crippen LogP contribution in [-0.4, -0.2) is 10.2 Å². The van der Waals surface area contributed by atoms with Crippen LogP contribution in [0.3, 0.4) is 0 Å². The van der Waals surface area contributed by atoms with Gasteiger partial charge in [-0.15, -0.1) is 0 Å². The molecule has 2 rings (SSSR count). The Morgan fingerprint density at radius 3 is 2.62 bits per heavy atom. The fourth-order valence-corrected chi connectivity index (χ4v) is 2.14. The van der Waals surface area contributed by atoms with E-state index in [1.807, 2.05) is 6.07 Å². The molecule has 0 unspecified atom stereocenters. The van der Waals surface area contributed by atoms with Gasteiger partial charge >= 0.3 is 0 Å². The molecule has 0 radical (unpaired) electrons. The van der Waals surface area contributed by atoms with Gasteiger partial charge in [0.15, 0.2) is 0 Å². The molecule has 0 spiro atoms. The van der Waals surface area contributed by atoms with E-state index in [4.69, 9.17) is 5.73 Å². The first kappa shape index (κ1) is 11.2. The molecule has 84 valence electrons. The first-order valence-electron chi connectivity index (χ1n) is 5.17. The number of nitrogens with one attached hydrogen (secondary N) is 1. The number of benzene rings is 1. The normalized spacial score (nSPS) is 11.0. The van der Waals surface area contributed by atoms with Crippen LogP contribution in [0.5, 0.6) is 0 Å². The second kappa shape index (κ2) is 4.29. The molecule has 0 aliphatic heterocycles. The van der Waals surface area contributed by atoms with Gasteiger partial charge in [0, 0.05) is 10.0 Å². The number of nitrogens with two attached hydrogens (primary N) is 1. The van der Waals surface area contributed by atoms with Gasteiger partial charge in [0.05, 0.1) is 6.20 Å². The molecule has 3 nitrogen and oxygen atoms in total. The predicted molar refractivity (Wildman–Crippen MR) is 70.2 cm³/mol. The lowest BCUT2D eigenvalue weighted by atomic mass is 9.98. The lowest BCUT2D eigenvalue weighted by Gasteiger charge is -2.09. The Hall–Kier alpha value is -1.29. The Labute approximate surface area is 103 Å². The van der Waals surface area contributed by atoms with Crippen LogP contribution < -0.4 is 5.73 Å². The standard InChI is InChI=1S/C12H14BrN3/c1-7(2)8-3-9(5-10(13)4-8)11-6-15-16-12(11)14/h3-7H,1-2H3,(H3,14,15,16). The first-order valence-corrected chi connectivity index (χ1v) is 5.97. The van der Waals surface area contributed by atoms with Gasteiger partial charge in [0.2, 0.25) is 0 Å². The highest BCUT2D eigenvalue weighted by molar-refractivity contribution is 9.10. The maximum Gasteiger partial charge on any atom is 0.126 e. The number of aromatic nitrogens is 2. The molecule has 0 saturated heterocycles. The number of nitrogen functional groups attached to an aromatic ring is 1. The van der Waals surface area contributed by atoms with Crippen molar-refractivity contribution in [3.63, 3.8) is 0 Å². The Morgan fingerprint density at radius 2 is 2.06 bits per heavy atom. The van der Waals surface area contributed by atoms with E-state index in [1.165, 1.54) is 5.56 Å². The van der Waals surface area contributed by atoms with E-state index in [9.17, 15) is 0 Å². The number of H-pyrrole nitrogens is 1. The summed E-state index contributed by atoms with van der Waals surface area (Å²) in [4.78, 5) is 0. The molecule has 1 aromatic carbocycles. The van der Waals surface area contributed by atoms with E-state index in [0.717, 1.165) is 15.6 Å². The van der Waals surface area contributed by atoms with Gasteiger partial charge in [-0.1, -0.05) is 35.8 Å². The molecule has 0 bridgehead atoms. The number of anilines is 1. The number of rotatable bonds is 2. The van der Waals surface area contributed by atoms with Crippen LogP contribution in [0.25, 0.3) is 11.1 Å². The van der Waals surface area contributed by atoms with Crippen LogP contribution in [0.4, 0.5) is 5.82 Å². The zero-order valence-electron chi connectivity index (χ0n) is 9.29. The van der Waals surface area contributed by atoms with Crippen LogP contribution in [0.1, 0.15) is 25.3 Å². The lowest BCUT2D eigenvalue weighted by Crippen LogP contribution is -1.91. The molecular weight excluding hydrogens is 266 g/mol. The zero-order chi connectivity index (χ0) is 11.7. The number of nitrogens with zero attached hydrogens (tertiary/aromatic N) is 1. The number of hydrogen-bond donors (Lipinski definition) is 2. The topological polar surface area (TPSA) is 54.7 Å². The minimum Gasteiger partial charge on any atom is -0.384 e. The van der Waals surface area contributed by atoms with E-state index < -0.39 is 0 Å². The Balaban J connectivity index is 2.54. The molecule has 4 heteroatoms. The second-order valence-corrected chi connectivity index (χ2v) is 5.04. The summed E-state index contributed by atoms with van der Waals surface area (Å²) in [6, 6.07) is 6.33. The van der Waals surface area contributed by atoms with E-state index in [1.54, 1.807) is 6.20 Å². The first-order chi connectivity index (χ1) is 7.58. The SMILES string of the molecule is CC(C)c1cc(Br)cc(-c2cn[nH]c2N)c1. The summed E-state index contributed by atoms with van der Waals surface area (Å²) >= 11 is 3.52. The summed E-state index contributed by atoms with van der Waals surface area (Å²) in [6.45, 7) is 4.34. The van der Waals surface area contributed by atoms with Crippen molar-refractivity contribution in [3.8, 4) is 11.1 Å². The molecule has 16 heavy (non-hydrogen) atoms. The fourth-order valence-electron chi connectivity index (χ4n) is 1.63. The monoisotopic (exact) mass is 279 g/mol. The van der Waals surface area contributed by atoms with Crippen LogP contribution in [-0.2, 0) is 0 Å². The summed E-state index contributed by atoms with van der Waals surface area (Å²) in [7, 11) is 0. The second-order valence-electron chi connectivity index (χ2n) is 4.13. The molecule has 3 N–H and O–H groups in total. The highest BCUT2D eigenvalue weighted by Gasteiger charge is 2.08. The van der Waals surface area contributed by atoms with Gasteiger partial charge in [-0.05, 0) is 29.2 Å². The van der Waals surface area contributed by atoms with Crippen molar-refractivity contribution in [2.45, 2.75) is 19.8 Å². The fraction of sp³-hybridized carbons (Fsp3) is 0.250. The highest BCUT2D eigenvalue weighted by Crippen LogP contribution is 2.30. The van der Waals surface area contributed by atoms with E-state index in [0.29, 0.717) is 11.7 Å². The minimum absolute atomic E-state index is 0.490. The van der Waals surface area contributed by atoms with Crippen molar-refractivity contribution in [1.82, 2.24) is 10.2 Å². The van der Waals surface area contributed by atoms with Crippen LogP contribution >= 0.6 is 15.9 Å². The summed E-state index contributed by atoms with van der Waals surface area (Å²) < 4.78 is 1.06. The smallest absolute Gasteiger partial charge is 0.126 e. The van der Waals surface area contributed by atoms with Crippen molar-refractivity contribution < 1.29 is 0 Å². The number of aromatic amines is 1. The average molecular weight is 280 g/mol.